The maximum atomic E-state index is 12.4. The van der Waals surface area contributed by atoms with Gasteiger partial charge in [-0.15, -0.1) is 0 Å². The molecular formula is C16H17ClN4O2. The number of nitrogens with one attached hydrogen (secondary N) is 1. The van der Waals surface area contributed by atoms with Crippen LogP contribution in [0.25, 0.3) is 0 Å². The summed E-state index contributed by atoms with van der Waals surface area (Å²) < 4.78 is 6.80. The second-order valence-corrected chi connectivity index (χ2v) is 5.74. The molecule has 1 unspecified atom stereocenters. The van der Waals surface area contributed by atoms with Crippen LogP contribution in [0, 0.1) is 0 Å². The number of carbonyl (C=O) groups is 1. The number of ether oxygens (including phenoxy) is 1. The van der Waals surface area contributed by atoms with Crippen molar-refractivity contribution in [2.45, 2.75) is 12.5 Å². The van der Waals surface area contributed by atoms with Crippen LogP contribution in [-0.2, 0) is 16.6 Å². The number of aryl methyl sites for hydroxylation is 1. The van der Waals surface area contributed by atoms with E-state index >= 15 is 0 Å². The van der Waals surface area contributed by atoms with E-state index in [4.69, 9.17) is 16.3 Å². The summed E-state index contributed by atoms with van der Waals surface area (Å²) in [5.41, 5.74) is 3.04. The third-order valence-electron chi connectivity index (χ3n) is 3.72. The Morgan fingerprint density at radius 1 is 1.35 bits per heavy atom. The van der Waals surface area contributed by atoms with Crippen molar-refractivity contribution < 1.29 is 9.53 Å². The molecule has 0 radical (unpaired) electrons. The summed E-state index contributed by atoms with van der Waals surface area (Å²) in [4.78, 5) is 17.1. The molecular weight excluding hydrogens is 316 g/mol. The maximum absolute atomic E-state index is 12.4. The van der Waals surface area contributed by atoms with Gasteiger partial charge in [-0.2, -0.15) is 5.10 Å². The van der Waals surface area contributed by atoms with E-state index in [-0.39, 0.29) is 5.91 Å². The predicted molar refractivity (Wildman–Crippen MR) is 89.2 cm³/mol. The lowest BCUT2D eigenvalue weighted by Crippen LogP contribution is -2.26. The van der Waals surface area contributed by atoms with Crippen LogP contribution < -0.4 is 5.32 Å². The first-order chi connectivity index (χ1) is 11.1. The SMILES string of the molecule is COCCC1N=C(c2ccc(Cl)cc2)c2c(cnn2C)NC1=O. The van der Waals surface area contributed by atoms with E-state index in [0.29, 0.717) is 23.7 Å². The van der Waals surface area contributed by atoms with Gasteiger partial charge in [0.25, 0.3) is 0 Å². The first-order valence-corrected chi connectivity index (χ1v) is 7.64. The van der Waals surface area contributed by atoms with Crippen LogP contribution in [0.15, 0.2) is 35.5 Å². The van der Waals surface area contributed by atoms with E-state index in [9.17, 15) is 4.79 Å². The molecule has 7 heteroatoms. The monoisotopic (exact) mass is 332 g/mol. The zero-order valence-electron chi connectivity index (χ0n) is 12.9. The van der Waals surface area contributed by atoms with Crippen molar-refractivity contribution in [3.8, 4) is 0 Å². The number of aromatic nitrogens is 2. The van der Waals surface area contributed by atoms with Crippen LogP contribution in [0.3, 0.4) is 0 Å². The Balaban J connectivity index is 2.11. The molecule has 3 rings (SSSR count). The lowest BCUT2D eigenvalue weighted by atomic mass is 10.1. The largest absolute Gasteiger partial charge is 0.385 e. The number of amides is 1. The molecule has 120 valence electrons. The molecule has 2 heterocycles. The van der Waals surface area contributed by atoms with Crippen molar-refractivity contribution in [1.82, 2.24) is 9.78 Å². The first-order valence-electron chi connectivity index (χ1n) is 7.26. The molecule has 1 aromatic carbocycles. The van der Waals surface area contributed by atoms with E-state index in [1.165, 1.54) is 0 Å². The Kier molecular flexibility index (Phi) is 4.45. The molecule has 1 aliphatic heterocycles. The molecule has 6 nitrogen and oxygen atoms in total. The van der Waals surface area contributed by atoms with Gasteiger partial charge in [-0.1, -0.05) is 23.7 Å². The smallest absolute Gasteiger partial charge is 0.249 e. The zero-order chi connectivity index (χ0) is 16.4. The third kappa shape index (κ3) is 3.13. The number of methoxy groups -OCH3 is 1. The second kappa shape index (κ2) is 6.52. The Labute approximate surface area is 139 Å². The fourth-order valence-corrected chi connectivity index (χ4v) is 2.67. The summed E-state index contributed by atoms with van der Waals surface area (Å²) in [6.45, 7) is 0.462. The second-order valence-electron chi connectivity index (χ2n) is 5.30. The van der Waals surface area contributed by atoms with Gasteiger partial charge in [0.15, 0.2) is 0 Å². The Bertz CT molecular complexity index is 752. The molecule has 0 saturated carbocycles. The molecule has 2 aromatic rings. The van der Waals surface area contributed by atoms with E-state index in [2.05, 4.69) is 15.4 Å². The number of aliphatic imine (C=N–C) groups is 1. The minimum atomic E-state index is -0.506. The van der Waals surface area contributed by atoms with Crippen molar-refractivity contribution in [2.24, 2.45) is 12.0 Å². The number of hydrogen-bond acceptors (Lipinski definition) is 4. The fraction of sp³-hybridized carbons (Fsp3) is 0.312. The Hall–Kier alpha value is -2.18. The lowest BCUT2D eigenvalue weighted by Gasteiger charge is -2.11. The first kappa shape index (κ1) is 15.7. The van der Waals surface area contributed by atoms with Gasteiger partial charge in [0.05, 0.1) is 17.6 Å². The zero-order valence-corrected chi connectivity index (χ0v) is 13.7. The number of nitrogens with zero attached hydrogens (tertiary/aromatic N) is 3. The quantitative estimate of drug-likeness (QED) is 0.933. The summed E-state index contributed by atoms with van der Waals surface area (Å²) in [7, 11) is 3.43. The van der Waals surface area contributed by atoms with Crippen LogP contribution in [0.5, 0.6) is 0 Å². The number of hydrogen-bond donors (Lipinski definition) is 1. The molecule has 23 heavy (non-hydrogen) atoms. The topological polar surface area (TPSA) is 68.5 Å². The molecule has 1 atom stereocenters. The highest BCUT2D eigenvalue weighted by molar-refractivity contribution is 6.30. The number of benzene rings is 1. The minimum absolute atomic E-state index is 0.153. The molecule has 0 fully saturated rings. The number of carbonyl (C=O) groups excluding carboxylic acids is 1. The van der Waals surface area contributed by atoms with Crippen molar-refractivity contribution >= 4 is 28.9 Å². The summed E-state index contributed by atoms with van der Waals surface area (Å²) in [6.07, 6.45) is 2.15. The fourth-order valence-electron chi connectivity index (χ4n) is 2.55. The highest BCUT2D eigenvalue weighted by Crippen LogP contribution is 2.25. The molecule has 0 bridgehead atoms. The highest BCUT2D eigenvalue weighted by Gasteiger charge is 2.28. The molecule has 1 aromatic heterocycles. The van der Waals surface area contributed by atoms with Crippen molar-refractivity contribution in [2.75, 3.05) is 19.0 Å². The predicted octanol–water partition coefficient (Wildman–Crippen LogP) is 2.27. The summed E-state index contributed by atoms with van der Waals surface area (Å²) >= 11 is 5.97. The molecule has 0 aliphatic carbocycles. The van der Waals surface area contributed by atoms with Crippen LogP contribution >= 0.6 is 11.6 Å². The van der Waals surface area contributed by atoms with E-state index < -0.39 is 6.04 Å². The van der Waals surface area contributed by atoms with Gasteiger partial charge in [0.1, 0.15) is 11.7 Å². The number of anilines is 1. The number of rotatable bonds is 4. The average molecular weight is 333 g/mol. The van der Waals surface area contributed by atoms with Gasteiger partial charge < -0.3 is 10.1 Å². The molecule has 0 spiro atoms. The van der Waals surface area contributed by atoms with E-state index in [0.717, 1.165) is 17.0 Å². The standard InChI is InChI=1S/C16H17ClN4O2/c1-21-15-13(9-18-21)20-16(22)12(7-8-23-2)19-14(15)10-3-5-11(17)6-4-10/h3-6,9,12H,7-8H2,1-2H3,(H,20,22). The van der Waals surface area contributed by atoms with Crippen molar-refractivity contribution in [3.05, 3.63) is 46.7 Å². The average Bonchev–Trinajstić information content (AvgIpc) is 2.82. The van der Waals surface area contributed by atoms with Gasteiger partial charge in [-0.25, -0.2) is 0 Å². The number of halogens is 1. The van der Waals surface area contributed by atoms with Gasteiger partial charge in [-0.3, -0.25) is 14.5 Å². The van der Waals surface area contributed by atoms with Crippen LogP contribution in [0.2, 0.25) is 5.02 Å². The lowest BCUT2D eigenvalue weighted by molar-refractivity contribution is -0.117. The minimum Gasteiger partial charge on any atom is -0.385 e. The molecule has 1 N–H and O–H groups in total. The summed E-state index contributed by atoms with van der Waals surface area (Å²) in [5, 5.41) is 7.77. The maximum Gasteiger partial charge on any atom is 0.249 e. The van der Waals surface area contributed by atoms with E-state index in [1.807, 2.05) is 19.2 Å². The molecule has 0 saturated heterocycles. The van der Waals surface area contributed by atoms with Gasteiger partial charge in [0.2, 0.25) is 5.91 Å². The Morgan fingerprint density at radius 3 is 2.78 bits per heavy atom. The Morgan fingerprint density at radius 2 is 2.09 bits per heavy atom. The van der Waals surface area contributed by atoms with Crippen LogP contribution in [0.4, 0.5) is 5.69 Å². The van der Waals surface area contributed by atoms with Gasteiger partial charge in [0, 0.05) is 37.8 Å². The molecule has 1 aliphatic rings. The van der Waals surface area contributed by atoms with Crippen LogP contribution in [0.1, 0.15) is 17.7 Å². The summed E-state index contributed by atoms with van der Waals surface area (Å²) in [5.74, 6) is -0.153. The highest BCUT2D eigenvalue weighted by atomic mass is 35.5. The van der Waals surface area contributed by atoms with E-state index in [1.54, 1.807) is 30.1 Å². The van der Waals surface area contributed by atoms with Crippen molar-refractivity contribution in [1.29, 1.82) is 0 Å². The van der Waals surface area contributed by atoms with Gasteiger partial charge >= 0.3 is 0 Å². The molecule has 1 amide bonds. The third-order valence-corrected chi connectivity index (χ3v) is 3.97. The van der Waals surface area contributed by atoms with Crippen LogP contribution in [-0.4, -0.2) is 41.2 Å². The summed E-state index contributed by atoms with van der Waals surface area (Å²) in [6, 6.07) is 6.88. The van der Waals surface area contributed by atoms with Gasteiger partial charge in [-0.05, 0) is 12.1 Å². The van der Waals surface area contributed by atoms with Crippen molar-refractivity contribution in [3.63, 3.8) is 0 Å². The normalized spacial score (nSPS) is 17.3. The number of fused-ring (bicyclic) bond motifs is 1.